The van der Waals surface area contributed by atoms with E-state index in [9.17, 15) is 4.79 Å². The Hall–Kier alpha value is -2.61. The van der Waals surface area contributed by atoms with Crippen molar-refractivity contribution in [1.29, 1.82) is 0 Å². The lowest BCUT2D eigenvalue weighted by Crippen LogP contribution is -2.19. The Morgan fingerprint density at radius 3 is 2.12 bits per heavy atom. The van der Waals surface area contributed by atoms with Crippen molar-refractivity contribution in [1.82, 2.24) is 0 Å². The highest BCUT2D eigenvalue weighted by molar-refractivity contribution is 5.98. The van der Waals surface area contributed by atoms with Gasteiger partial charge in [-0.25, -0.2) is 0 Å². The van der Waals surface area contributed by atoms with Crippen LogP contribution in [0.4, 0.5) is 0 Å². The van der Waals surface area contributed by atoms with Gasteiger partial charge in [-0.15, -0.1) is 0 Å². The zero-order valence-corrected chi connectivity index (χ0v) is 19.2. The van der Waals surface area contributed by atoms with Gasteiger partial charge >= 0.3 is 0 Å². The Labute approximate surface area is 189 Å². The maximum Gasteiger partial charge on any atom is 0.188 e. The Kier molecular flexibility index (Phi) is 8.90. The lowest BCUT2D eigenvalue weighted by atomic mass is 9.82. The van der Waals surface area contributed by atoms with Crippen LogP contribution in [0.25, 0.3) is 0 Å². The van der Waals surface area contributed by atoms with Crippen LogP contribution in [-0.2, 0) is 14.2 Å². The number of hydrogen-bond acceptors (Lipinski definition) is 7. The van der Waals surface area contributed by atoms with Gasteiger partial charge in [-0.05, 0) is 67.6 Å². The first kappa shape index (κ1) is 24.0. The molecule has 0 N–H and O–H groups in total. The molecule has 1 saturated carbocycles. The molecule has 0 saturated heterocycles. The zero-order chi connectivity index (χ0) is 22.9. The second-order valence-corrected chi connectivity index (χ2v) is 7.84. The van der Waals surface area contributed by atoms with Gasteiger partial charge in [0.1, 0.15) is 17.2 Å². The predicted octanol–water partition coefficient (Wildman–Crippen LogP) is 4.71. The van der Waals surface area contributed by atoms with Gasteiger partial charge in [0.2, 0.25) is 0 Å². The summed E-state index contributed by atoms with van der Waals surface area (Å²) in [6.07, 6.45) is 2.71. The van der Waals surface area contributed by atoms with E-state index in [0.717, 1.165) is 36.1 Å². The van der Waals surface area contributed by atoms with Gasteiger partial charge in [0, 0.05) is 38.4 Å². The molecular formula is C25H32O7. The van der Waals surface area contributed by atoms with Crippen LogP contribution in [0.15, 0.2) is 36.4 Å². The molecular weight excluding hydrogens is 412 g/mol. The maximum absolute atomic E-state index is 13.4. The SMILES string of the molecule is COCOc1ccc(C(=O)[C@@H]2CCCC2c2cc(OCOC)cc(C)c2OCOC)cc1. The molecule has 0 amide bonds. The number of aryl methyl sites for hydroxylation is 1. The minimum atomic E-state index is -0.136. The van der Waals surface area contributed by atoms with Crippen LogP contribution in [0, 0.1) is 12.8 Å². The molecule has 32 heavy (non-hydrogen) atoms. The molecule has 0 heterocycles. The number of methoxy groups -OCH3 is 3. The lowest BCUT2D eigenvalue weighted by Gasteiger charge is -2.24. The van der Waals surface area contributed by atoms with Crippen molar-refractivity contribution in [2.24, 2.45) is 5.92 Å². The van der Waals surface area contributed by atoms with Crippen molar-refractivity contribution in [3.05, 3.63) is 53.1 Å². The van der Waals surface area contributed by atoms with Crippen molar-refractivity contribution in [3.63, 3.8) is 0 Å². The summed E-state index contributed by atoms with van der Waals surface area (Å²) in [5, 5.41) is 0. The standard InChI is InChI=1S/C25H32O7/c1-17-12-20(31-15-28-3)13-23(25(17)32-16-29-4)21-6-5-7-22(21)24(26)18-8-10-19(11-9-18)30-14-27-2/h8-13,21-22H,5-7,14-16H2,1-4H3/t21?,22-/m1/s1. The van der Waals surface area contributed by atoms with Crippen molar-refractivity contribution < 1.29 is 33.2 Å². The van der Waals surface area contributed by atoms with Gasteiger partial charge in [-0.2, -0.15) is 0 Å². The molecule has 0 spiro atoms. The smallest absolute Gasteiger partial charge is 0.188 e. The molecule has 2 aromatic carbocycles. The van der Waals surface area contributed by atoms with Crippen molar-refractivity contribution in [3.8, 4) is 17.2 Å². The Morgan fingerprint density at radius 1 is 0.844 bits per heavy atom. The zero-order valence-electron chi connectivity index (χ0n) is 19.2. The van der Waals surface area contributed by atoms with E-state index in [1.807, 2.05) is 31.2 Å². The molecule has 1 unspecified atom stereocenters. The number of hydrogen-bond donors (Lipinski definition) is 0. The van der Waals surface area contributed by atoms with Crippen LogP contribution in [0.2, 0.25) is 0 Å². The highest BCUT2D eigenvalue weighted by Crippen LogP contribution is 2.46. The van der Waals surface area contributed by atoms with E-state index in [4.69, 9.17) is 28.4 Å². The van der Waals surface area contributed by atoms with Crippen LogP contribution >= 0.6 is 0 Å². The van der Waals surface area contributed by atoms with Crippen molar-refractivity contribution in [2.45, 2.75) is 32.1 Å². The first-order valence-corrected chi connectivity index (χ1v) is 10.7. The molecule has 0 bridgehead atoms. The van der Waals surface area contributed by atoms with Gasteiger partial charge in [0.05, 0.1) is 0 Å². The highest BCUT2D eigenvalue weighted by Gasteiger charge is 2.36. The second kappa shape index (κ2) is 11.9. The summed E-state index contributed by atoms with van der Waals surface area (Å²) in [4.78, 5) is 13.4. The average molecular weight is 445 g/mol. The van der Waals surface area contributed by atoms with Gasteiger partial charge in [0.15, 0.2) is 26.2 Å². The molecule has 1 aliphatic rings. The lowest BCUT2D eigenvalue weighted by molar-refractivity contribution is 0.0469. The Morgan fingerprint density at radius 2 is 1.47 bits per heavy atom. The van der Waals surface area contributed by atoms with Crippen molar-refractivity contribution in [2.75, 3.05) is 41.7 Å². The Balaban J connectivity index is 1.88. The summed E-state index contributed by atoms with van der Waals surface area (Å²) >= 11 is 0. The van der Waals surface area contributed by atoms with Crippen LogP contribution in [-0.4, -0.2) is 47.5 Å². The van der Waals surface area contributed by atoms with E-state index in [0.29, 0.717) is 17.1 Å². The molecule has 7 heteroatoms. The van der Waals surface area contributed by atoms with E-state index in [2.05, 4.69) is 0 Å². The molecule has 0 aromatic heterocycles. The first-order chi connectivity index (χ1) is 15.6. The third-order valence-corrected chi connectivity index (χ3v) is 5.68. The molecule has 0 radical (unpaired) electrons. The second-order valence-electron chi connectivity index (χ2n) is 7.84. The molecule has 1 aliphatic carbocycles. The molecule has 2 aromatic rings. The summed E-state index contributed by atoms with van der Waals surface area (Å²) < 4.78 is 32.2. The molecule has 3 rings (SSSR count). The van der Waals surface area contributed by atoms with E-state index in [1.165, 1.54) is 0 Å². The van der Waals surface area contributed by atoms with Gasteiger partial charge in [-0.1, -0.05) is 6.42 Å². The van der Waals surface area contributed by atoms with Crippen LogP contribution in [0.5, 0.6) is 17.2 Å². The van der Waals surface area contributed by atoms with E-state index in [1.54, 1.807) is 33.5 Å². The Bertz CT molecular complexity index is 879. The van der Waals surface area contributed by atoms with E-state index < -0.39 is 0 Å². The number of rotatable bonds is 12. The fourth-order valence-corrected chi connectivity index (χ4v) is 4.27. The van der Waals surface area contributed by atoms with Crippen LogP contribution in [0.1, 0.15) is 46.7 Å². The average Bonchev–Trinajstić information content (AvgIpc) is 3.30. The minimum Gasteiger partial charge on any atom is -0.468 e. The summed E-state index contributed by atoms with van der Waals surface area (Å²) in [6.45, 7) is 2.43. The third-order valence-electron chi connectivity index (χ3n) is 5.68. The quantitative estimate of drug-likeness (QED) is 0.347. The third kappa shape index (κ3) is 5.79. The molecule has 174 valence electrons. The minimum absolute atomic E-state index is 0.0311. The fraction of sp³-hybridized carbons (Fsp3) is 0.480. The summed E-state index contributed by atoms with van der Waals surface area (Å²) in [5.41, 5.74) is 2.59. The van der Waals surface area contributed by atoms with E-state index >= 15 is 0 Å². The number of ether oxygens (including phenoxy) is 6. The van der Waals surface area contributed by atoms with Crippen LogP contribution < -0.4 is 14.2 Å². The normalized spacial score (nSPS) is 17.9. The topological polar surface area (TPSA) is 72.5 Å². The molecule has 1 fully saturated rings. The molecule has 2 atom stereocenters. The van der Waals surface area contributed by atoms with E-state index in [-0.39, 0.29) is 38.0 Å². The van der Waals surface area contributed by atoms with Crippen LogP contribution in [0.3, 0.4) is 0 Å². The fourth-order valence-electron chi connectivity index (χ4n) is 4.27. The number of Topliss-reactive ketones (excluding diaryl/α,β-unsaturated/α-hetero) is 1. The van der Waals surface area contributed by atoms with Crippen molar-refractivity contribution >= 4 is 5.78 Å². The number of carbonyl (C=O) groups is 1. The molecule has 0 aliphatic heterocycles. The maximum atomic E-state index is 13.4. The highest BCUT2D eigenvalue weighted by atomic mass is 16.7. The summed E-state index contributed by atoms with van der Waals surface area (Å²) in [7, 11) is 4.74. The van der Waals surface area contributed by atoms with Gasteiger partial charge < -0.3 is 28.4 Å². The monoisotopic (exact) mass is 444 g/mol. The largest absolute Gasteiger partial charge is 0.468 e. The summed E-state index contributed by atoms with van der Waals surface area (Å²) in [6, 6.07) is 11.1. The molecule has 7 nitrogen and oxygen atoms in total. The van der Waals surface area contributed by atoms with Gasteiger partial charge in [-0.3, -0.25) is 4.79 Å². The summed E-state index contributed by atoms with van der Waals surface area (Å²) in [5.74, 6) is 2.14. The van der Waals surface area contributed by atoms with Gasteiger partial charge in [0.25, 0.3) is 0 Å². The first-order valence-electron chi connectivity index (χ1n) is 10.7. The number of benzene rings is 2. The number of ketones is 1. The predicted molar refractivity (Wildman–Crippen MR) is 120 cm³/mol. The number of carbonyl (C=O) groups excluding carboxylic acids is 1.